The number of aromatic nitrogens is 2. The van der Waals surface area contributed by atoms with Gasteiger partial charge in [-0.1, -0.05) is 0 Å². The van der Waals surface area contributed by atoms with Crippen molar-refractivity contribution in [2.75, 3.05) is 17.7 Å². The topological polar surface area (TPSA) is 107 Å². The molecule has 9 heteroatoms. The van der Waals surface area contributed by atoms with Crippen molar-refractivity contribution in [3.63, 3.8) is 0 Å². The molecule has 3 N–H and O–H groups in total. The number of thiophene rings is 1. The number of esters is 1. The molecule has 0 aliphatic heterocycles. The van der Waals surface area contributed by atoms with Crippen LogP contribution in [0, 0.1) is 0 Å². The lowest BCUT2D eigenvalue weighted by Gasteiger charge is -2.00. The maximum absolute atomic E-state index is 12.4. The molecule has 0 radical (unpaired) electrons. The van der Waals surface area contributed by atoms with E-state index < -0.39 is 0 Å². The highest BCUT2D eigenvalue weighted by Crippen LogP contribution is 2.32. The van der Waals surface area contributed by atoms with E-state index in [9.17, 15) is 9.59 Å². The molecule has 0 aromatic carbocycles. The smallest absolute Gasteiger partial charge is 0.311 e. The number of carbonyl (C=O) groups is 2. The highest BCUT2D eigenvalue weighted by molar-refractivity contribution is 7.21. The fourth-order valence-electron chi connectivity index (χ4n) is 2.08. The molecule has 124 valence electrons. The number of hydrogen-bond acceptors (Lipinski definition) is 8. The van der Waals surface area contributed by atoms with Crippen LogP contribution in [0.25, 0.3) is 10.2 Å². The standard InChI is InChI=1S/C15H14N4O3S2/c1-2-22-10(20)6-8-7-23-15(18-8)19-13(21)12-11(16)9-4-3-5-17-14(9)24-12/h3-5,7H,2,6,16H2,1H3,(H,18,19,21). The maximum atomic E-state index is 12.4. The van der Waals surface area contributed by atoms with Gasteiger partial charge in [-0.15, -0.1) is 22.7 Å². The van der Waals surface area contributed by atoms with Gasteiger partial charge in [0.05, 0.1) is 24.4 Å². The quantitative estimate of drug-likeness (QED) is 0.676. The summed E-state index contributed by atoms with van der Waals surface area (Å²) >= 11 is 2.47. The van der Waals surface area contributed by atoms with Crippen LogP contribution >= 0.6 is 22.7 Å². The van der Waals surface area contributed by atoms with E-state index in [1.165, 1.54) is 22.7 Å². The molecule has 3 rings (SSSR count). The number of rotatable bonds is 5. The Kier molecular flexibility index (Phi) is 4.72. The van der Waals surface area contributed by atoms with Crippen LogP contribution in [-0.2, 0) is 16.0 Å². The van der Waals surface area contributed by atoms with Gasteiger partial charge in [-0.25, -0.2) is 9.97 Å². The van der Waals surface area contributed by atoms with Gasteiger partial charge in [0, 0.05) is 17.0 Å². The predicted octanol–water partition coefficient (Wildman–Crippen LogP) is 2.69. The number of pyridine rings is 1. The Hall–Kier alpha value is -2.52. The third kappa shape index (κ3) is 3.36. The lowest BCUT2D eigenvalue weighted by atomic mass is 10.2. The van der Waals surface area contributed by atoms with E-state index in [0.717, 1.165) is 5.39 Å². The second kappa shape index (κ2) is 6.93. The number of amides is 1. The van der Waals surface area contributed by atoms with Crippen LogP contribution in [0.2, 0.25) is 0 Å². The van der Waals surface area contributed by atoms with E-state index in [1.54, 1.807) is 24.6 Å². The summed E-state index contributed by atoms with van der Waals surface area (Å²) in [4.78, 5) is 33.4. The van der Waals surface area contributed by atoms with Crippen molar-refractivity contribution in [2.24, 2.45) is 0 Å². The minimum atomic E-state index is -0.347. The van der Waals surface area contributed by atoms with E-state index in [2.05, 4.69) is 15.3 Å². The normalized spacial score (nSPS) is 10.7. The summed E-state index contributed by atoms with van der Waals surface area (Å²) in [5.41, 5.74) is 6.99. The van der Waals surface area contributed by atoms with Crippen LogP contribution in [0.4, 0.5) is 10.8 Å². The Morgan fingerprint density at radius 2 is 2.25 bits per heavy atom. The van der Waals surface area contributed by atoms with Gasteiger partial charge in [0.1, 0.15) is 9.71 Å². The van der Waals surface area contributed by atoms with Crippen molar-refractivity contribution >= 4 is 55.6 Å². The molecular weight excluding hydrogens is 348 g/mol. The summed E-state index contributed by atoms with van der Waals surface area (Å²) in [6.07, 6.45) is 1.73. The minimum Gasteiger partial charge on any atom is -0.466 e. The van der Waals surface area contributed by atoms with E-state index in [0.29, 0.717) is 32.8 Å². The SMILES string of the molecule is CCOC(=O)Cc1csc(NC(=O)c2sc3ncccc3c2N)n1. The van der Waals surface area contributed by atoms with Gasteiger partial charge in [0.2, 0.25) is 0 Å². The molecule has 1 amide bonds. The summed E-state index contributed by atoms with van der Waals surface area (Å²) in [6.45, 7) is 2.07. The van der Waals surface area contributed by atoms with Crippen LogP contribution in [0.15, 0.2) is 23.7 Å². The van der Waals surface area contributed by atoms with Gasteiger partial charge in [-0.3, -0.25) is 14.9 Å². The van der Waals surface area contributed by atoms with Crippen LogP contribution < -0.4 is 11.1 Å². The summed E-state index contributed by atoms with van der Waals surface area (Å²) in [5, 5.41) is 5.58. The highest BCUT2D eigenvalue weighted by atomic mass is 32.1. The van der Waals surface area contributed by atoms with Gasteiger partial charge >= 0.3 is 5.97 Å². The number of carbonyl (C=O) groups excluding carboxylic acids is 2. The van der Waals surface area contributed by atoms with Gasteiger partial charge in [-0.05, 0) is 19.1 Å². The third-order valence-electron chi connectivity index (χ3n) is 3.11. The Morgan fingerprint density at radius 3 is 3.00 bits per heavy atom. The van der Waals surface area contributed by atoms with Crippen molar-refractivity contribution < 1.29 is 14.3 Å². The summed E-state index contributed by atoms with van der Waals surface area (Å²) < 4.78 is 4.87. The first-order valence-corrected chi connectivity index (χ1v) is 8.82. The number of hydrogen-bond donors (Lipinski definition) is 2. The second-order valence-corrected chi connectivity index (χ2v) is 6.64. The lowest BCUT2D eigenvalue weighted by Crippen LogP contribution is -2.12. The second-order valence-electron chi connectivity index (χ2n) is 4.78. The van der Waals surface area contributed by atoms with Crippen LogP contribution in [0.3, 0.4) is 0 Å². The van der Waals surface area contributed by atoms with Gasteiger partial charge in [0.25, 0.3) is 5.91 Å². The molecular formula is C15H14N4O3S2. The van der Waals surface area contributed by atoms with E-state index in [-0.39, 0.29) is 18.3 Å². The first kappa shape index (κ1) is 16.3. The summed E-state index contributed by atoms with van der Waals surface area (Å²) in [7, 11) is 0. The zero-order valence-electron chi connectivity index (χ0n) is 12.7. The number of nitrogen functional groups attached to an aromatic ring is 1. The number of anilines is 2. The molecule has 0 atom stereocenters. The monoisotopic (exact) mass is 362 g/mol. The first-order chi connectivity index (χ1) is 11.6. The molecule has 3 aromatic heterocycles. The van der Waals surface area contributed by atoms with Crippen molar-refractivity contribution in [1.29, 1.82) is 0 Å². The number of nitrogens with zero attached hydrogens (tertiary/aromatic N) is 2. The van der Waals surface area contributed by atoms with Gasteiger partial charge < -0.3 is 10.5 Å². The largest absolute Gasteiger partial charge is 0.466 e. The molecule has 0 bridgehead atoms. The molecule has 3 heterocycles. The Labute approximate surface area is 145 Å². The van der Waals surface area contributed by atoms with E-state index >= 15 is 0 Å². The Morgan fingerprint density at radius 1 is 1.42 bits per heavy atom. The number of ether oxygens (including phenoxy) is 1. The third-order valence-corrected chi connectivity index (χ3v) is 5.05. The summed E-state index contributed by atoms with van der Waals surface area (Å²) in [6, 6.07) is 3.60. The van der Waals surface area contributed by atoms with Crippen molar-refractivity contribution in [2.45, 2.75) is 13.3 Å². The van der Waals surface area contributed by atoms with Crippen LogP contribution in [0.5, 0.6) is 0 Å². The number of nitrogens with two attached hydrogens (primary N) is 1. The van der Waals surface area contributed by atoms with Crippen molar-refractivity contribution in [3.8, 4) is 0 Å². The van der Waals surface area contributed by atoms with Crippen molar-refractivity contribution in [3.05, 3.63) is 34.3 Å². The number of thiazole rings is 1. The molecule has 0 aliphatic carbocycles. The molecule has 0 unspecified atom stereocenters. The molecule has 0 saturated carbocycles. The van der Waals surface area contributed by atoms with Crippen LogP contribution in [-0.4, -0.2) is 28.5 Å². The number of nitrogens with one attached hydrogen (secondary N) is 1. The fourth-order valence-corrected chi connectivity index (χ4v) is 3.74. The van der Waals surface area contributed by atoms with Crippen molar-refractivity contribution in [1.82, 2.24) is 9.97 Å². The number of fused-ring (bicyclic) bond motifs is 1. The molecule has 0 fully saturated rings. The lowest BCUT2D eigenvalue weighted by molar-refractivity contribution is -0.142. The zero-order chi connectivity index (χ0) is 17.1. The average Bonchev–Trinajstić information content (AvgIpc) is 3.12. The molecule has 3 aromatic rings. The highest BCUT2D eigenvalue weighted by Gasteiger charge is 2.18. The Balaban J connectivity index is 1.73. The summed E-state index contributed by atoms with van der Waals surface area (Å²) in [5.74, 6) is -0.687. The molecule has 24 heavy (non-hydrogen) atoms. The Bertz CT molecular complexity index is 903. The molecule has 0 spiro atoms. The molecule has 0 aliphatic rings. The predicted molar refractivity (Wildman–Crippen MR) is 94.4 cm³/mol. The molecule has 7 nitrogen and oxygen atoms in total. The first-order valence-electron chi connectivity index (χ1n) is 7.13. The van der Waals surface area contributed by atoms with Gasteiger partial charge in [0.15, 0.2) is 5.13 Å². The van der Waals surface area contributed by atoms with Gasteiger partial charge in [-0.2, -0.15) is 0 Å². The average molecular weight is 362 g/mol. The fraction of sp³-hybridized carbons (Fsp3) is 0.200. The van der Waals surface area contributed by atoms with E-state index in [1.807, 2.05) is 6.07 Å². The maximum Gasteiger partial charge on any atom is 0.311 e. The molecule has 0 saturated heterocycles. The zero-order valence-corrected chi connectivity index (χ0v) is 14.4. The van der Waals surface area contributed by atoms with Crippen LogP contribution in [0.1, 0.15) is 22.3 Å². The minimum absolute atomic E-state index is 0.0785. The van der Waals surface area contributed by atoms with E-state index in [4.69, 9.17) is 10.5 Å².